The molecule has 0 aromatic rings. The monoisotopic (exact) mass is 392 g/mol. The van der Waals surface area contributed by atoms with Crippen LogP contribution in [0.4, 0.5) is 0 Å². The van der Waals surface area contributed by atoms with Crippen LogP contribution in [0.1, 0.15) is 59.8 Å². The minimum Gasteiger partial charge on any atom is -0.466 e. The molecule has 5 heteroatoms. The molecule has 2 aliphatic carbocycles. The van der Waals surface area contributed by atoms with E-state index < -0.39 is 0 Å². The van der Waals surface area contributed by atoms with Crippen molar-refractivity contribution in [2.45, 2.75) is 65.9 Å². The van der Waals surface area contributed by atoms with E-state index in [4.69, 9.17) is 14.2 Å². The minimum absolute atomic E-state index is 0.0922. The Bertz CT molecular complexity index is 635. The van der Waals surface area contributed by atoms with Crippen molar-refractivity contribution in [2.24, 2.45) is 23.2 Å². The summed E-state index contributed by atoms with van der Waals surface area (Å²) in [6, 6.07) is 0. The number of esters is 1. The van der Waals surface area contributed by atoms with Crippen LogP contribution >= 0.6 is 0 Å². The largest absolute Gasteiger partial charge is 0.466 e. The summed E-state index contributed by atoms with van der Waals surface area (Å²) < 4.78 is 15.8. The van der Waals surface area contributed by atoms with E-state index in [1.54, 1.807) is 7.11 Å². The van der Waals surface area contributed by atoms with Crippen molar-refractivity contribution in [3.63, 3.8) is 0 Å². The Morgan fingerprint density at radius 2 is 2.07 bits per heavy atom. The molecule has 5 nitrogen and oxygen atoms in total. The Hall–Kier alpha value is -1.46. The number of methoxy groups -OCH3 is 2. The van der Waals surface area contributed by atoms with Gasteiger partial charge in [-0.15, -0.1) is 0 Å². The molecule has 0 radical (unpaired) electrons. The van der Waals surface area contributed by atoms with E-state index in [0.29, 0.717) is 11.5 Å². The molecule has 5 atom stereocenters. The van der Waals surface area contributed by atoms with Crippen LogP contribution in [0.2, 0.25) is 0 Å². The molecule has 28 heavy (non-hydrogen) atoms. The maximum absolute atomic E-state index is 12.5. The highest BCUT2D eigenvalue weighted by Crippen LogP contribution is 2.47. The third-order valence-corrected chi connectivity index (χ3v) is 6.86. The maximum atomic E-state index is 12.5. The summed E-state index contributed by atoms with van der Waals surface area (Å²) >= 11 is 0. The van der Waals surface area contributed by atoms with Crippen LogP contribution in [0.5, 0.6) is 0 Å². The van der Waals surface area contributed by atoms with Crippen LogP contribution in [0.15, 0.2) is 23.3 Å². The van der Waals surface area contributed by atoms with Crippen molar-refractivity contribution >= 4 is 11.8 Å². The SMILES string of the molecule is COCO[C@@H]1C=C(C(=O)OC)[C@](C)(CCC(C)C2CCC(C)=CC2=O)[C@H](C)C1. The molecule has 0 saturated heterocycles. The summed E-state index contributed by atoms with van der Waals surface area (Å²) in [5.41, 5.74) is 1.57. The first-order valence-electron chi connectivity index (χ1n) is 10.3. The minimum atomic E-state index is -0.294. The number of carbonyl (C=O) groups excluding carboxylic acids is 2. The van der Waals surface area contributed by atoms with Gasteiger partial charge in [-0.3, -0.25) is 4.79 Å². The quantitative estimate of drug-likeness (QED) is 0.451. The second-order valence-corrected chi connectivity index (χ2v) is 8.79. The number of allylic oxidation sites excluding steroid dienone is 2. The predicted octanol–water partition coefficient (Wildman–Crippen LogP) is 4.46. The summed E-state index contributed by atoms with van der Waals surface area (Å²) in [6.45, 7) is 8.71. The van der Waals surface area contributed by atoms with Crippen LogP contribution in [0.25, 0.3) is 0 Å². The molecule has 0 bridgehead atoms. The normalized spacial score (nSPS) is 31.8. The zero-order valence-electron chi connectivity index (χ0n) is 18.2. The van der Waals surface area contributed by atoms with E-state index in [1.165, 1.54) is 12.7 Å². The van der Waals surface area contributed by atoms with E-state index in [9.17, 15) is 9.59 Å². The summed E-state index contributed by atoms with van der Waals surface area (Å²) in [4.78, 5) is 25.0. The van der Waals surface area contributed by atoms with Crippen molar-refractivity contribution in [2.75, 3.05) is 21.0 Å². The standard InChI is InChI=1S/C23H36O5/c1-15-7-8-19(21(24)11-15)16(2)9-10-23(4)17(3)12-18(28-14-26-5)13-20(23)22(25)27-6/h11,13,16-19H,7-10,12,14H2,1-6H3/t16?,17-,18+,19?,23-/m1/s1. The maximum Gasteiger partial charge on any atom is 0.334 e. The van der Waals surface area contributed by atoms with Crippen LogP contribution in [-0.2, 0) is 23.8 Å². The van der Waals surface area contributed by atoms with Crippen molar-refractivity contribution < 1.29 is 23.8 Å². The second kappa shape index (κ2) is 9.84. The summed E-state index contributed by atoms with van der Waals surface area (Å²) in [6.07, 6.45) is 8.09. The van der Waals surface area contributed by atoms with Gasteiger partial charge in [0.25, 0.3) is 0 Å². The summed E-state index contributed by atoms with van der Waals surface area (Å²) in [5, 5.41) is 0. The number of hydrogen-bond donors (Lipinski definition) is 0. The molecule has 2 aliphatic rings. The van der Waals surface area contributed by atoms with Gasteiger partial charge in [-0.05, 0) is 63.0 Å². The Kier molecular flexibility index (Phi) is 8.02. The fourth-order valence-electron chi connectivity index (χ4n) is 4.62. The average Bonchev–Trinajstić information content (AvgIpc) is 2.66. The van der Waals surface area contributed by atoms with Crippen LogP contribution in [0.3, 0.4) is 0 Å². The molecule has 0 amide bonds. The predicted molar refractivity (Wildman–Crippen MR) is 109 cm³/mol. The third kappa shape index (κ3) is 5.12. The Balaban J connectivity index is 2.14. The first-order valence-corrected chi connectivity index (χ1v) is 10.3. The zero-order chi connectivity index (χ0) is 20.9. The first-order chi connectivity index (χ1) is 13.2. The van der Waals surface area contributed by atoms with Crippen molar-refractivity contribution in [1.29, 1.82) is 0 Å². The molecule has 0 fully saturated rings. The van der Waals surface area contributed by atoms with Gasteiger partial charge in [0, 0.05) is 24.0 Å². The van der Waals surface area contributed by atoms with Crippen LogP contribution < -0.4 is 0 Å². The van der Waals surface area contributed by atoms with Crippen molar-refractivity contribution in [3.05, 3.63) is 23.3 Å². The van der Waals surface area contributed by atoms with Gasteiger partial charge in [-0.25, -0.2) is 4.79 Å². The highest BCUT2D eigenvalue weighted by Gasteiger charge is 2.44. The van der Waals surface area contributed by atoms with E-state index in [1.807, 2.05) is 19.1 Å². The van der Waals surface area contributed by atoms with Crippen molar-refractivity contribution in [3.8, 4) is 0 Å². The topological polar surface area (TPSA) is 61.8 Å². The van der Waals surface area contributed by atoms with Gasteiger partial charge in [-0.1, -0.05) is 26.3 Å². The third-order valence-electron chi connectivity index (χ3n) is 6.86. The smallest absolute Gasteiger partial charge is 0.334 e. The lowest BCUT2D eigenvalue weighted by Gasteiger charge is -2.43. The Morgan fingerprint density at radius 3 is 2.68 bits per heavy atom. The molecular weight excluding hydrogens is 356 g/mol. The van der Waals surface area contributed by atoms with Crippen LogP contribution in [0, 0.1) is 23.2 Å². The molecule has 0 N–H and O–H groups in total. The molecule has 0 aromatic heterocycles. The molecule has 0 heterocycles. The molecular formula is C23H36O5. The molecule has 0 saturated carbocycles. The summed E-state index contributed by atoms with van der Waals surface area (Å²) in [7, 11) is 3.01. The lowest BCUT2D eigenvalue weighted by atomic mass is 9.62. The Labute approximate surface area is 169 Å². The highest BCUT2D eigenvalue weighted by molar-refractivity contribution is 5.93. The lowest BCUT2D eigenvalue weighted by Crippen LogP contribution is -2.40. The number of ether oxygens (including phenoxy) is 3. The zero-order valence-corrected chi connectivity index (χ0v) is 18.2. The van der Waals surface area contributed by atoms with Gasteiger partial charge in [0.15, 0.2) is 5.78 Å². The molecule has 0 aliphatic heterocycles. The molecule has 0 aromatic carbocycles. The van der Waals surface area contributed by atoms with E-state index >= 15 is 0 Å². The Morgan fingerprint density at radius 1 is 1.36 bits per heavy atom. The fourth-order valence-corrected chi connectivity index (χ4v) is 4.62. The summed E-state index contributed by atoms with van der Waals surface area (Å²) in [5.74, 6) is 0.608. The molecule has 2 unspecified atom stereocenters. The first kappa shape index (κ1) is 22.8. The lowest BCUT2D eigenvalue weighted by molar-refractivity contribution is -0.139. The van der Waals surface area contributed by atoms with Gasteiger partial charge in [0.2, 0.25) is 0 Å². The molecule has 158 valence electrons. The van der Waals surface area contributed by atoms with E-state index in [-0.39, 0.29) is 41.9 Å². The fraction of sp³-hybridized carbons (Fsp3) is 0.739. The van der Waals surface area contributed by atoms with Crippen molar-refractivity contribution in [1.82, 2.24) is 0 Å². The number of ketones is 1. The number of rotatable bonds is 8. The van der Waals surface area contributed by atoms with E-state index in [2.05, 4.69) is 20.8 Å². The molecule has 0 spiro atoms. The van der Waals surface area contributed by atoms with Gasteiger partial charge in [0.1, 0.15) is 6.79 Å². The number of carbonyl (C=O) groups is 2. The highest BCUT2D eigenvalue weighted by atomic mass is 16.7. The van der Waals surface area contributed by atoms with E-state index in [0.717, 1.165) is 32.1 Å². The van der Waals surface area contributed by atoms with Gasteiger partial charge in [-0.2, -0.15) is 0 Å². The van der Waals surface area contributed by atoms with Gasteiger partial charge >= 0.3 is 5.97 Å². The van der Waals surface area contributed by atoms with Crippen LogP contribution in [-0.4, -0.2) is 38.9 Å². The second-order valence-electron chi connectivity index (χ2n) is 8.79. The van der Waals surface area contributed by atoms with Gasteiger partial charge in [0.05, 0.1) is 13.2 Å². The number of hydrogen-bond acceptors (Lipinski definition) is 5. The average molecular weight is 393 g/mol. The molecule has 2 rings (SSSR count). The van der Waals surface area contributed by atoms with Gasteiger partial charge < -0.3 is 14.2 Å².